The quantitative estimate of drug-likeness (QED) is 0.767. The number of carboxylic acids is 1. The summed E-state index contributed by atoms with van der Waals surface area (Å²) in [7, 11) is 0. The van der Waals surface area contributed by atoms with Gasteiger partial charge in [0, 0.05) is 30.5 Å². The molecule has 7 nitrogen and oxygen atoms in total. The van der Waals surface area contributed by atoms with Crippen LogP contribution in [0, 0.1) is 12.8 Å². The highest BCUT2D eigenvalue weighted by molar-refractivity contribution is 5.88. The molecule has 4 N–H and O–H groups in total. The van der Waals surface area contributed by atoms with Crippen molar-refractivity contribution < 1.29 is 9.90 Å². The number of rotatable bonds is 5. The Morgan fingerprint density at radius 1 is 1.32 bits per heavy atom. The SMILES string of the molecule is Cc1cnc(Nc2ccc(C(=O)O)cc2)nc1N1CCC(CN)CC1. The van der Waals surface area contributed by atoms with Crippen molar-refractivity contribution in [1.82, 2.24) is 9.97 Å². The number of piperidine rings is 1. The van der Waals surface area contributed by atoms with Gasteiger partial charge in [0.05, 0.1) is 5.56 Å². The highest BCUT2D eigenvalue weighted by atomic mass is 16.4. The van der Waals surface area contributed by atoms with Gasteiger partial charge in [0.15, 0.2) is 0 Å². The van der Waals surface area contributed by atoms with Crippen LogP contribution in [0.1, 0.15) is 28.8 Å². The highest BCUT2D eigenvalue weighted by Gasteiger charge is 2.20. The predicted molar refractivity (Wildman–Crippen MR) is 97.4 cm³/mol. The Bertz CT molecular complexity index is 740. The van der Waals surface area contributed by atoms with E-state index < -0.39 is 5.97 Å². The van der Waals surface area contributed by atoms with Crippen molar-refractivity contribution in [3.8, 4) is 0 Å². The number of nitrogens with two attached hydrogens (primary N) is 1. The number of aromatic nitrogens is 2. The second-order valence-electron chi connectivity index (χ2n) is 6.37. The lowest BCUT2D eigenvalue weighted by molar-refractivity contribution is 0.0697. The van der Waals surface area contributed by atoms with E-state index in [2.05, 4.69) is 20.2 Å². The molecule has 1 fully saturated rings. The summed E-state index contributed by atoms with van der Waals surface area (Å²) in [6.07, 6.45) is 3.98. The number of hydrogen-bond donors (Lipinski definition) is 3. The molecule has 25 heavy (non-hydrogen) atoms. The Balaban J connectivity index is 1.74. The normalized spacial score (nSPS) is 15.2. The van der Waals surface area contributed by atoms with E-state index in [-0.39, 0.29) is 5.56 Å². The molecule has 1 aliphatic rings. The van der Waals surface area contributed by atoms with Gasteiger partial charge in [-0.1, -0.05) is 0 Å². The number of nitrogens with one attached hydrogen (secondary N) is 1. The van der Waals surface area contributed by atoms with Crippen LogP contribution in [0.3, 0.4) is 0 Å². The van der Waals surface area contributed by atoms with Gasteiger partial charge in [0.25, 0.3) is 0 Å². The lowest BCUT2D eigenvalue weighted by atomic mass is 9.97. The number of hydrogen-bond acceptors (Lipinski definition) is 6. The van der Waals surface area contributed by atoms with Crippen LogP contribution in [0.4, 0.5) is 17.5 Å². The molecule has 0 amide bonds. The first-order chi connectivity index (χ1) is 12.1. The molecule has 0 spiro atoms. The molecular weight excluding hydrogens is 318 g/mol. The minimum atomic E-state index is -0.943. The third kappa shape index (κ3) is 4.06. The molecule has 3 rings (SSSR count). The van der Waals surface area contributed by atoms with Crippen LogP contribution in [-0.2, 0) is 0 Å². The van der Waals surface area contributed by atoms with Crippen molar-refractivity contribution in [2.75, 3.05) is 29.9 Å². The first-order valence-corrected chi connectivity index (χ1v) is 8.46. The molecule has 132 valence electrons. The Labute approximate surface area is 146 Å². The van der Waals surface area contributed by atoms with Crippen LogP contribution in [0.5, 0.6) is 0 Å². The largest absolute Gasteiger partial charge is 0.478 e. The molecule has 2 heterocycles. The first kappa shape index (κ1) is 17.2. The summed E-state index contributed by atoms with van der Waals surface area (Å²) in [6, 6.07) is 6.52. The zero-order valence-electron chi connectivity index (χ0n) is 14.3. The zero-order chi connectivity index (χ0) is 17.8. The van der Waals surface area contributed by atoms with E-state index in [0.717, 1.165) is 49.5 Å². The van der Waals surface area contributed by atoms with Crippen molar-refractivity contribution in [1.29, 1.82) is 0 Å². The van der Waals surface area contributed by atoms with E-state index in [9.17, 15) is 4.79 Å². The molecule has 2 aromatic rings. The van der Waals surface area contributed by atoms with Crippen LogP contribution in [0.25, 0.3) is 0 Å². The van der Waals surface area contributed by atoms with E-state index in [4.69, 9.17) is 10.8 Å². The second kappa shape index (κ2) is 7.48. The number of aryl methyl sites for hydroxylation is 1. The van der Waals surface area contributed by atoms with Gasteiger partial charge in [-0.15, -0.1) is 0 Å². The standard InChI is InChI=1S/C18H23N5O2/c1-12-11-20-18(21-15-4-2-14(3-5-15)17(24)25)22-16(12)23-8-6-13(10-19)7-9-23/h2-5,11,13H,6-10,19H2,1H3,(H,24,25)(H,20,21,22). The van der Waals surface area contributed by atoms with Gasteiger partial charge in [0.2, 0.25) is 5.95 Å². The summed E-state index contributed by atoms with van der Waals surface area (Å²) in [6.45, 7) is 4.66. The fourth-order valence-corrected chi connectivity index (χ4v) is 3.02. The van der Waals surface area contributed by atoms with E-state index in [1.54, 1.807) is 24.3 Å². The lowest BCUT2D eigenvalue weighted by Crippen LogP contribution is -2.37. The summed E-state index contributed by atoms with van der Waals surface area (Å²) >= 11 is 0. The van der Waals surface area contributed by atoms with Crippen LogP contribution >= 0.6 is 0 Å². The maximum absolute atomic E-state index is 10.9. The summed E-state index contributed by atoms with van der Waals surface area (Å²) in [5.74, 6) is 1.10. The monoisotopic (exact) mass is 341 g/mol. The summed E-state index contributed by atoms with van der Waals surface area (Å²) in [4.78, 5) is 22.2. The average Bonchev–Trinajstić information content (AvgIpc) is 2.64. The van der Waals surface area contributed by atoms with Crippen LogP contribution in [0.15, 0.2) is 30.5 Å². The van der Waals surface area contributed by atoms with Gasteiger partial charge in [-0.05, 0) is 56.5 Å². The summed E-state index contributed by atoms with van der Waals surface area (Å²) in [5, 5.41) is 12.1. The van der Waals surface area contributed by atoms with Crippen molar-refractivity contribution in [3.05, 3.63) is 41.6 Å². The highest BCUT2D eigenvalue weighted by Crippen LogP contribution is 2.25. The van der Waals surface area contributed by atoms with Gasteiger partial charge in [0.1, 0.15) is 5.82 Å². The third-order valence-electron chi connectivity index (χ3n) is 4.58. The molecular formula is C18H23N5O2. The fourth-order valence-electron chi connectivity index (χ4n) is 3.02. The van der Waals surface area contributed by atoms with E-state index in [0.29, 0.717) is 11.9 Å². The first-order valence-electron chi connectivity index (χ1n) is 8.46. The molecule has 0 unspecified atom stereocenters. The van der Waals surface area contributed by atoms with Crippen molar-refractivity contribution in [2.45, 2.75) is 19.8 Å². The number of benzene rings is 1. The smallest absolute Gasteiger partial charge is 0.335 e. The number of carboxylic acid groups (broad SMARTS) is 1. The summed E-state index contributed by atoms with van der Waals surface area (Å²) in [5.41, 5.74) is 7.81. The van der Waals surface area contributed by atoms with Crippen LogP contribution in [-0.4, -0.2) is 40.7 Å². The molecule has 7 heteroatoms. The van der Waals surface area contributed by atoms with Crippen LogP contribution in [0.2, 0.25) is 0 Å². The van der Waals surface area contributed by atoms with Crippen molar-refractivity contribution in [3.63, 3.8) is 0 Å². The number of anilines is 3. The minimum Gasteiger partial charge on any atom is -0.478 e. The van der Waals surface area contributed by atoms with Gasteiger partial charge in [-0.25, -0.2) is 9.78 Å². The molecule has 1 saturated heterocycles. The maximum Gasteiger partial charge on any atom is 0.335 e. The zero-order valence-corrected chi connectivity index (χ0v) is 14.3. The van der Waals surface area contributed by atoms with E-state index in [1.165, 1.54) is 0 Å². The topological polar surface area (TPSA) is 104 Å². The third-order valence-corrected chi connectivity index (χ3v) is 4.58. The number of aromatic carboxylic acids is 1. The van der Waals surface area contributed by atoms with Gasteiger partial charge >= 0.3 is 5.97 Å². The van der Waals surface area contributed by atoms with E-state index in [1.807, 2.05) is 13.1 Å². The second-order valence-corrected chi connectivity index (χ2v) is 6.37. The molecule has 0 bridgehead atoms. The van der Waals surface area contributed by atoms with Gasteiger partial charge in [-0.2, -0.15) is 4.98 Å². The lowest BCUT2D eigenvalue weighted by Gasteiger charge is -2.33. The molecule has 0 radical (unpaired) electrons. The van der Waals surface area contributed by atoms with Crippen molar-refractivity contribution >= 4 is 23.4 Å². The maximum atomic E-state index is 10.9. The molecule has 0 aliphatic carbocycles. The molecule has 0 saturated carbocycles. The average molecular weight is 341 g/mol. The Morgan fingerprint density at radius 2 is 2.00 bits per heavy atom. The Kier molecular flexibility index (Phi) is 5.14. The predicted octanol–water partition coefficient (Wildman–Crippen LogP) is 2.40. The van der Waals surface area contributed by atoms with Gasteiger partial charge < -0.3 is 21.1 Å². The van der Waals surface area contributed by atoms with E-state index >= 15 is 0 Å². The Hall–Kier alpha value is -2.67. The Morgan fingerprint density at radius 3 is 2.60 bits per heavy atom. The number of carbonyl (C=O) groups is 1. The fraction of sp³-hybridized carbons (Fsp3) is 0.389. The number of nitrogens with zero attached hydrogens (tertiary/aromatic N) is 3. The minimum absolute atomic E-state index is 0.249. The molecule has 1 aromatic heterocycles. The summed E-state index contributed by atoms with van der Waals surface area (Å²) < 4.78 is 0. The molecule has 1 aromatic carbocycles. The van der Waals surface area contributed by atoms with Crippen molar-refractivity contribution in [2.24, 2.45) is 11.7 Å². The molecule has 1 aliphatic heterocycles. The van der Waals surface area contributed by atoms with Gasteiger partial charge in [-0.3, -0.25) is 0 Å². The van der Waals surface area contributed by atoms with Crippen LogP contribution < -0.4 is 16.0 Å². The molecule has 0 atom stereocenters.